The summed E-state index contributed by atoms with van der Waals surface area (Å²) in [6.45, 7) is 0.724. The fourth-order valence-corrected chi connectivity index (χ4v) is 2.84. The van der Waals surface area contributed by atoms with Gasteiger partial charge in [-0.1, -0.05) is 42.5 Å². The lowest BCUT2D eigenvalue weighted by Crippen LogP contribution is -2.13. The Morgan fingerprint density at radius 3 is 2.76 bits per heavy atom. The van der Waals surface area contributed by atoms with Crippen molar-refractivity contribution >= 4 is 5.78 Å². The lowest BCUT2D eigenvalue weighted by molar-refractivity contribution is 0.0975. The number of rotatable bonds is 5. The molecule has 1 aliphatic rings. The molecule has 0 amide bonds. The molecule has 0 radical (unpaired) electrons. The van der Waals surface area contributed by atoms with Crippen molar-refractivity contribution in [2.75, 3.05) is 6.61 Å². The summed E-state index contributed by atoms with van der Waals surface area (Å²) in [5.41, 5.74) is 3.23. The summed E-state index contributed by atoms with van der Waals surface area (Å²) in [5.74, 6) is 1.03. The van der Waals surface area contributed by atoms with E-state index in [1.54, 1.807) is 0 Å². The van der Waals surface area contributed by atoms with Crippen molar-refractivity contribution in [3.63, 3.8) is 0 Å². The minimum absolute atomic E-state index is 0.199. The molecule has 2 aromatic rings. The van der Waals surface area contributed by atoms with Crippen LogP contribution >= 0.6 is 0 Å². The third-order valence-corrected chi connectivity index (χ3v) is 3.95. The van der Waals surface area contributed by atoms with Gasteiger partial charge in [-0.2, -0.15) is 0 Å². The number of hydrogen-bond donors (Lipinski definition) is 0. The van der Waals surface area contributed by atoms with Crippen LogP contribution in [0.5, 0.6) is 5.75 Å². The van der Waals surface area contributed by atoms with Crippen LogP contribution in [0.4, 0.5) is 0 Å². The van der Waals surface area contributed by atoms with Gasteiger partial charge in [-0.05, 0) is 42.9 Å². The lowest BCUT2D eigenvalue weighted by atomic mass is 9.97. The summed E-state index contributed by atoms with van der Waals surface area (Å²) in [7, 11) is 0. The van der Waals surface area contributed by atoms with Gasteiger partial charge in [0.15, 0.2) is 5.78 Å². The van der Waals surface area contributed by atoms with Gasteiger partial charge >= 0.3 is 0 Å². The molecule has 3 rings (SSSR count). The van der Waals surface area contributed by atoms with Gasteiger partial charge in [-0.3, -0.25) is 4.79 Å². The number of ether oxygens (including phenoxy) is 1. The number of aryl methyl sites for hydroxylation is 2. The average molecular weight is 280 g/mol. The molecular weight excluding hydrogens is 260 g/mol. The number of carbonyl (C=O) groups is 1. The van der Waals surface area contributed by atoms with Crippen molar-refractivity contribution in [2.24, 2.45) is 0 Å². The molecule has 2 heteroatoms. The molecule has 0 fully saturated rings. The summed E-state index contributed by atoms with van der Waals surface area (Å²) in [6, 6.07) is 16.2. The van der Waals surface area contributed by atoms with Crippen LogP contribution in [0.2, 0.25) is 0 Å². The van der Waals surface area contributed by atoms with Crippen molar-refractivity contribution in [1.29, 1.82) is 0 Å². The van der Waals surface area contributed by atoms with E-state index in [1.807, 2.05) is 30.3 Å². The zero-order valence-electron chi connectivity index (χ0n) is 12.2. The number of fused-ring (bicyclic) bond motifs is 1. The molecule has 1 aliphatic heterocycles. The monoisotopic (exact) mass is 280 g/mol. The quantitative estimate of drug-likeness (QED) is 0.767. The van der Waals surface area contributed by atoms with Gasteiger partial charge in [-0.15, -0.1) is 0 Å². The van der Waals surface area contributed by atoms with E-state index in [0.717, 1.165) is 43.6 Å². The highest BCUT2D eigenvalue weighted by Gasteiger charge is 2.18. The molecule has 108 valence electrons. The Hall–Kier alpha value is -2.09. The smallest absolute Gasteiger partial charge is 0.166 e. The Balaban J connectivity index is 1.63. The van der Waals surface area contributed by atoms with Gasteiger partial charge in [0.2, 0.25) is 0 Å². The van der Waals surface area contributed by atoms with Crippen LogP contribution in [0.3, 0.4) is 0 Å². The van der Waals surface area contributed by atoms with E-state index in [0.29, 0.717) is 6.42 Å². The van der Waals surface area contributed by atoms with E-state index < -0.39 is 0 Å². The number of hydrogen-bond acceptors (Lipinski definition) is 2. The Morgan fingerprint density at radius 2 is 1.90 bits per heavy atom. The molecule has 0 atom stereocenters. The second kappa shape index (κ2) is 6.57. The van der Waals surface area contributed by atoms with Crippen molar-refractivity contribution < 1.29 is 9.53 Å². The predicted octanol–water partition coefficient (Wildman–Crippen LogP) is 4.22. The standard InChI is InChI=1S/C19H20O2/c20-18(13-4-9-15-7-2-1-3-8-15)17-12-5-10-16-11-6-14-21-19(16)17/h1-3,5,7-8,10,12H,4,6,9,11,13-14H2. The highest BCUT2D eigenvalue weighted by Crippen LogP contribution is 2.30. The zero-order valence-corrected chi connectivity index (χ0v) is 12.2. The maximum atomic E-state index is 12.4. The molecule has 0 saturated carbocycles. The minimum Gasteiger partial charge on any atom is -0.493 e. The first-order valence-electron chi connectivity index (χ1n) is 7.66. The topological polar surface area (TPSA) is 26.3 Å². The molecule has 0 spiro atoms. The number of benzene rings is 2. The highest BCUT2D eigenvalue weighted by atomic mass is 16.5. The summed E-state index contributed by atoms with van der Waals surface area (Å²) < 4.78 is 5.72. The minimum atomic E-state index is 0.199. The molecule has 0 bridgehead atoms. The highest BCUT2D eigenvalue weighted by molar-refractivity contribution is 5.99. The van der Waals surface area contributed by atoms with Crippen LogP contribution in [0.1, 0.15) is 40.7 Å². The average Bonchev–Trinajstić information content (AvgIpc) is 2.55. The van der Waals surface area contributed by atoms with Crippen LogP contribution in [-0.2, 0) is 12.8 Å². The van der Waals surface area contributed by atoms with Gasteiger partial charge in [-0.25, -0.2) is 0 Å². The van der Waals surface area contributed by atoms with Crippen LogP contribution in [0.25, 0.3) is 0 Å². The second-order valence-corrected chi connectivity index (χ2v) is 5.51. The first-order chi connectivity index (χ1) is 10.3. The lowest BCUT2D eigenvalue weighted by Gasteiger charge is -2.19. The largest absolute Gasteiger partial charge is 0.493 e. The third kappa shape index (κ3) is 3.33. The van der Waals surface area contributed by atoms with Crippen molar-refractivity contribution in [3.05, 3.63) is 65.2 Å². The molecule has 2 nitrogen and oxygen atoms in total. The van der Waals surface area contributed by atoms with Gasteiger partial charge < -0.3 is 4.74 Å². The van der Waals surface area contributed by atoms with Crippen molar-refractivity contribution in [1.82, 2.24) is 0 Å². The van der Waals surface area contributed by atoms with Gasteiger partial charge in [0.25, 0.3) is 0 Å². The Bertz CT molecular complexity index is 617. The summed E-state index contributed by atoms with van der Waals surface area (Å²) >= 11 is 0. The van der Waals surface area contributed by atoms with E-state index in [1.165, 1.54) is 11.1 Å². The summed E-state index contributed by atoms with van der Waals surface area (Å²) in [4.78, 5) is 12.4. The van der Waals surface area contributed by atoms with E-state index in [-0.39, 0.29) is 5.78 Å². The molecule has 0 aromatic heterocycles. The molecule has 1 heterocycles. The number of para-hydroxylation sites is 1. The SMILES string of the molecule is O=C(CCCc1ccccc1)c1cccc2c1OCCC2. The van der Waals surface area contributed by atoms with Crippen LogP contribution < -0.4 is 4.74 Å². The van der Waals surface area contributed by atoms with Crippen molar-refractivity contribution in [2.45, 2.75) is 32.1 Å². The first kappa shape index (κ1) is 13.9. The van der Waals surface area contributed by atoms with E-state index in [9.17, 15) is 4.79 Å². The van der Waals surface area contributed by atoms with E-state index in [2.05, 4.69) is 18.2 Å². The van der Waals surface area contributed by atoms with Crippen LogP contribution in [0.15, 0.2) is 48.5 Å². The van der Waals surface area contributed by atoms with Gasteiger partial charge in [0.05, 0.1) is 12.2 Å². The van der Waals surface area contributed by atoms with Crippen LogP contribution in [-0.4, -0.2) is 12.4 Å². The third-order valence-electron chi connectivity index (χ3n) is 3.95. The fraction of sp³-hybridized carbons (Fsp3) is 0.316. The number of Topliss-reactive ketones (excluding diaryl/α,β-unsaturated/α-hetero) is 1. The normalized spacial score (nSPS) is 13.3. The molecule has 2 aromatic carbocycles. The predicted molar refractivity (Wildman–Crippen MR) is 84.0 cm³/mol. The van der Waals surface area contributed by atoms with Crippen molar-refractivity contribution in [3.8, 4) is 5.75 Å². The van der Waals surface area contributed by atoms with E-state index in [4.69, 9.17) is 4.74 Å². The Morgan fingerprint density at radius 1 is 1.05 bits per heavy atom. The molecule has 0 aliphatic carbocycles. The maximum absolute atomic E-state index is 12.4. The molecule has 0 N–H and O–H groups in total. The zero-order chi connectivity index (χ0) is 14.5. The second-order valence-electron chi connectivity index (χ2n) is 5.51. The Kier molecular flexibility index (Phi) is 4.34. The van der Waals surface area contributed by atoms with E-state index >= 15 is 0 Å². The first-order valence-corrected chi connectivity index (χ1v) is 7.66. The fourth-order valence-electron chi connectivity index (χ4n) is 2.84. The summed E-state index contributed by atoms with van der Waals surface area (Å²) in [5, 5.41) is 0. The molecular formula is C19H20O2. The molecule has 0 saturated heterocycles. The van der Waals surface area contributed by atoms with Crippen LogP contribution in [0, 0.1) is 0 Å². The molecule has 0 unspecified atom stereocenters. The van der Waals surface area contributed by atoms with Gasteiger partial charge in [0.1, 0.15) is 5.75 Å². The maximum Gasteiger partial charge on any atom is 0.166 e. The number of carbonyl (C=O) groups excluding carboxylic acids is 1. The van der Waals surface area contributed by atoms with Gasteiger partial charge in [0, 0.05) is 6.42 Å². The number of ketones is 1. The Labute approximate surface area is 125 Å². The summed E-state index contributed by atoms with van der Waals surface area (Å²) in [6.07, 6.45) is 4.46. The molecule has 21 heavy (non-hydrogen) atoms.